The third-order valence-electron chi connectivity index (χ3n) is 8.52. The maximum atomic E-state index is 9.80. The van der Waals surface area contributed by atoms with Gasteiger partial charge in [0.15, 0.2) is 0 Å². The second kappa shape index (κ2) is 12.5. The first-order valence-corrected chi connectivity index (χ1v) is 14.6. The molecule has 2 saturated heterocycles. The first kappa shape index (κ1) is 28.7. The van der Waals surface area contributed by atoms with Gasteiger partial charge in [0.1, 0.15) is 23.0 Å². The van der Waals surface area contributed by atoms with E-state index in [1.165, 1.54) is 0 Å². The van der Waals surface area contributed by atoms with Gasteiger partial charge in [0.05, 0.1) is 41.7 Å². The Morgan fingerprint density at radius 3 is 2.49 bits per heavy atom. The summed E-state index contributed by atoms with van der Waals surface area (Å²) >= 11 is 0. The summed E-state index contributed by atoms with van der Waals surface area (Å²) in [5.74, 6) is 0.938. The van der Waals surface area contributed by atoms with E-state index in [2.05, 4.69) is 66.3 Å². The molecular formula is C31H34ClN11. The molecule has 1 unspecified atom stereocenters. The minimum Gasteiger partial charge on any atom is -0.354 e. The van der Waals surface area contributed by atoms with Gasteiger partial charge in [0, 0.05) is 61.9 Å². The van der Waals surface area contributed by atoms with Gasteiger partial charge in [-0.3, -0.25) is 14.6 Å². The lowest BCUT2D eigenvalue weighted by Crippen LogP contribution is -2.47. The highest BCUT2D eigenvalue weighted by Crippen LogP contribution is 2.30. The molecule has 12 heteroatoms. The van der Waals surface area contributed by atoms with Gasteiger partial charge in [-0.25, -0.2) is 14.5 Å². The third-order valence-corrected chi connectivity index (χ3v) is 8.52. The maximum absolute atomic E-state index is 9.80. The SMILES string of the molecule is CC(c1ccccn1)N1CCN(c2ccc(-c3nc(-c4cnn(C5CCNCC5)c4)cn4ncc(C#N)c34)cn2)CC1.Cl. The van der Waals surface area contributed by atoms with E-state index in [9.17, 15) is 5.26 Å². The number of anilines is 1. The van der Waals surface area contributed by atoms with Gasteiger partial charge in [-0.05, 0) is 57.1 Å². The van der Waals surface area contributed by atoms with Gasteiger partial charge in [0.2, 0.25) is 0 Å². The molecule has 2 fully saturated rings. The van der Waals surface area contributed by atoms with Gasteiger partial charge in [-0.15, -0.1) is 12.4 Å². The van der Waals surface area contributed by atoms with Crippen LogP contribution in [-0.2, 0) is 0 Å². The van der Waals surface area contributed by atoms with E-state index >= 15 is 0 Å². The molecule has 0 bridgehead atoms. The molecule has 5 aromatic heterocycles. The van der Waals surface area contributed by atoms with E-state index in [-0.39, 0.29) is 18.4 Å². The molecule has 11 nitrogen and oxygen atoms in total. The number of piperazine rings is 1. The first-order chi connectivity index (χ1) is 20.7. The molecule has 43 heavy (non-hydrogen) atoms. The smallest absolute Gasteiger partial charge is 0.128 e. The number of rotatable bonds is 6. The van der Waals surface area contributed by atoms with Gasteiger partial charge < -0.3 is 10.2 Å². The van der Waals surface area contributed by atoms with Crippen LogP contribution in [0.3, 0.4) is 0 Å². The number of fused-ring (bicyclic) bond motifs is 1. The fourth-order valence-electron chi connectivity index (χ4n) is 6.04. The van der Waals surface area contributed by atoms with Crippen LogP contribution >= 0.6 is 12.4 Å². The average molecular weight is 596 g/mol. The molecule has 7 heterocycles. The fraction of sp³-hybridized carbons (Fsp3) is 0.355. The topological polar surface area (TPSA) is 116 Å². The Kier molecular flexibility index (Phi) is 8.33. The average Bonchev–Trinajstić information content (AvgIpc) is 3.73. The van der Waals surface area contributed by atoms with Gasteiger partial charge >= 0.3 is 0 Å². The second-order valence-corrected chi connectivity index (χ2v) is 11.0. The number of hydrogen-bond donors (Lipinski definition) is 1. The second-order valence-electron chi connectivity index (χ2n) is 11.0. The summed E-state index contributed by atoms with van der Waals surface area (Å²) in [4.78, 5) is 19.2. The summed E-state index contributed by atoms with van der Waals surface area (Å²) in [6, 6.07) is 13.1. The van der Waals surface area contributed by atoms with E-state index in [0.29, 0.717) is 22.8 Å². The van der Waals surface area contributed by atoms with Gasteiger partial charge in [0.25, 0.3) is 0 Å². The van der Waals surface area contributed by atoms with Gasteiger partial charge in [-0.2, -0.15) is 15.5 Å². The minimum absolute atomic E-state index is 0. The Hall–Kier alpha value is -4.37. The molecule has 0 amide bonds. The van der Waals surface area contributed by atoms with E-state index in [1.54, 1.807) is 10.7 Å². The molecule has 7 rings (SSSR count). The van der Waals surface area contributed by atoms with Crippen molar-refractivity contribution in [3.8, 4) is 28.6 Å². The lowest BCUT2D eigenvalue weighted by atomic mass is 10.1. The van der Waals surface area contributed by atoms with Crippen molar-refractivity contribution in [3.05, 3.63) is 78.8 Å². The fourth-order valence-corrected chi connectivity index (χ4v) is 6.04. The number of piperidine rings is 1. The Morgan fingerprint density at radius 2 is 1.77 bits per heavy atom. The Labute approximate surface area is 256 Å². The molecule has 0 aliphatic carbocycles. The van der Waals surface area contributed by atoms with Crippen LogP contribution in [0.4, 0.5) is 5.82 Å². The lowest BCUT2D eigenvalue weighted by Gasteiger charge is -2.38. The Balaban J connectivity index is 0.00000329. The zero-order chi connectivity index (χ0) is 28.5. The number of hydrogen-bond acceptors (Lipinski definition) is 9. The van der Waals surface area contributed by atoms with Crippen LogP contribution in [0.2, 0.25) is 0 Å². The maximum Gasteiger partial charge on any atom is 0.128 e. The van der Waals surface area contributed by atoms with Crippen LogP contribution in [0.25, 0.3) is 28.0 Å². The Bertz CT molecular complexity index is 1710. The highest BCUT2D eigenvalue weighted by atomic mass is 35.5. The van der Waals surface area contributed by atoms with E-state index < -0.39 is 0 Å². The first-order valence-electron chi connectivity index (χ1n) is 14.6. The molecule has 0 spiro atoms. The van der Waals surface area contributed by atoms with Crippen molar-refractivity contribution >= 4 is 23.7 Å². The summed E-state index contributed by atoms with van der Waals surface area (Å²) in [5, 5.41) is 22.3. The highest BCUT2D eigenvalue weighted by molar-refractivity contribution is 5.85. The molecule has 1 atom stereocenters. The molecule has 5 aromatic rings. The molecular weight excluding hydrogens is 562 g/mol. The van der Waals surface area contributed by atoms with Crippen LogP contribution in [0.1, 0.15) is 43.1 Å². The zero-order valence-electron chi connectivity index (χ0n) is 24.0. The monoisotopic (exact) mass is 595 g/mol. The van der Waals surface area contributed by atoms with Crippen molar-refractivity contribution in [1.82, 2.24) is 44.6 Å². The van der Waals surface area contributed by atoms with Crippen LogP contribution in [0, 0.1) is 11.3 Å². The van der Waals surface area contributed by atoms with Crippen LogP contribution in [0.5, 0.6) is 0 Å². The quantitative estimate of drug-likeness (QED) is 0.309. The lowest BCUT2D eigenvalue weighted by molar-refractivity contribution is 0.195. The number of nitriles is 1. The standard InChI is InChI=1S/C31H33N11.ClH/c1-22(27-4-2-3-9-34-27)39-12-14-40(15-13-39)29-6-5-23(17-35-29)30-31-24(16-32)18-37-42(31)21-28(38-30)25-19-36-41(20-25)26-7-10-33-11-8-26;/h2-6,9,17-22,26,33H,7-8,10-15H2,1H3;1H. The van der Waals surface area contributed by atoms with E-state index in [0.717, 1.165) is 80.4 Å². The number of nitrogens with zero attached hydrogens (tertiary/aromatic N) is 10. The van der Waals surface area contributed by atoms with Crippen molar-refractivity contribution in [2.75, 3.05) is 44.2 Å². The minimum atomic E-state index is 0. The highest BCUT2D eigenvalue weighted by Gasteiger charge is 2.24. The predicted octanol–water partition coefficient (Wildman–Crippen LogP) is 4.15. The molecule has 1 N–H and O–H groups in total. The van der Waals surface area contributed by atoms with E-state index in [1.807, 2.05) is 43.0 Å². The summed E-state index contributed by atoms with van der Waals surface area (Å²) in [7, 11) is 0. The molecule has 2 aliphatic rings. The van der Waals surface area contributed by atoms with Crippen LogP contribution < -0.4 is 10.2 Å². The van der Waals surface area contributed by atoms with Crippen molar-refractivity contribution in [3.63, 3.8) is 0 Å². The number of aromatic nitrogens is 7. The van der Waals surface area contributed by atoms with Crippen LogP contribution in [0.15, 0.2) is 67.5 Å². The Morgan fingerprint density at radius 1 is 0.930 bits per heavy atom. The van der Waals surface area contributed by atoms with Crippen molar-refractivity contribution in [2.45, 2.75) is 31.8 Å². The number of nitrogens with one attached hydrogen (secondary N) is 1. The number of pyridine rings is 2. The normalized spacial score (nSPS) is 17.0. The predicted molar refractivity (Wildman–Crippen MR) is 167 cm³/mol. The van der Waals surface area contributed by atoms with E-state index in [4.69, 9.17) is 9.97 Å². The molecule has 220 valence electrons. The summed E-state index contributed by atoms with van der Waals surface area (Å²) in [6.45, 7) is 7.89. The zero-order valence-corrected chi connectivity index (χ0v) is 24.9. The molecule has 0 radical (unpaired) electrons. The number of halogens is 1. The van der Waals surface area contributed by atoms with Crippen molar-refractivity contribution in [2.24, 2.45) is 0 Å². The third kappa shape index (κ3) is 5.69. The largest absolute Gasteiger partial charge is 0.354 e. The molecule has 2 aliphatic heterocycles. The van der Waals surface area contributed by atoms with Gasteiger partial charge in [-0.1, -0.05) is 6.07 Å². The summed E-state index contributed by atoms with van der Waals surface area (Å²) in [5.41, 5.74) is 5.47. The molecule has 0 saturated carbocycles. The summed E-state index contributed by atoms with van der Waals surface area (Å²) < 4.78 is 3.80. The van der Waals surface area contributed by atoms with Crippen molar-refractivity contribution < 1.29 is 0 Å². The summed E-state index contributed by atoms with van der Waals surface area (Å²) in [6.07, 6.45) is 13.2. The van der Waals surface area contributed by atoms with Crippen molar-refractivity contribution in [1.29, 1.82) is 5.26 Å². The van der Waals surface area contributed by atoms with Crippen LogP contribution in [-0.4, -0.2) is 78.5 Å². The molecule has 0 aromatic carbocycles.